The molecule has 1 rings (SSSR count). The molecule has 0 fully saturated rings. The van der Waals surface area contributed by atoms with Crippen LogP contribution < -0.4 is 0 Å². The van der Waals surface area contributed by atoms with Crippen molar-refractivity contribution in [2.45, 2.75) is 32.2 Å². The van der Waals surface area contributed by atoms with E-state index in [2.05, 4.69) is 8.92 Å². The minimum Gasteiger partial charge on any atom is -0.469 e. The van der Waals surface area contributed by atoms with E-state index in [9.17, 15) is 26.4 Å². The molecule has 1 atom stereocenters. The minimum absolute atomic E-state index is 0.0848. The van der Waals surface area contributed by atoms with Crippen molar-refractivity contribution >= 4 is 16.1 Å². The first-order chi connectivity index (χ1) is 8.90. The summed E-state index contributed by atoms with van der Waals surface area (Å²) in [6.45, 7) is 3.19. The first kappa shape index (κ1) is 16.8. The number of halogens is 3. The number of allylic oxidation sites excluding steroid dienone is 2. The lowest BCUT2D eigenvalue weighted by atomic mass is 9.72. The van der Waals surface area contributed by atoms with Crippen LogP contribution in [0.15, 0.2) is 11.8 Å². The average molecular weight is 316 g/mol. The van der Waals surface area contributed by atoms with Crippen LogP contribution in [0.5, 0.6) is 0 Å². The molecule has 1 aliphatic rings. The van der Waals surface area contributed by atoms with Crippen molar-refractivity contribution in [2.75, 3.05) is 7.11 Å². The van der Waals surface area contributed by atoms with Crippen LogP contribution in [0.3, 0.4) is 0 Å². The van der Waals surface area contributed by atoms with Crippen LogP contribution in [-0.4, -0.2) is 27.0 Å². The van der Waals surface area contributed by atoms with Crippen LogP contribution in [0.4, 0.5) is 13.2 Å². The molecule has 116 valence electrons. The fourth-order valence-electron chi connectivity index (χ4n) is 2.06. The van der Waals surface area contributed by atoms with Crippen molar-refractivity contribution in [3.8, 4) is 0 Å². The summed E-state index contributed by atoms with van der Waals surface area (Å²) in [6.07, 6.45) is 1.29. The molecule has 9 heteroatoms. The highest BCUT2D eigenvalue weighted by atomic mass is 32.2. The molecule has 1 aliphatic carbocycles. The zero-order chi connectivity index (χ0) is 15.8. The molecule has 20 heavy (non-hydrogen) atoms. The maximum absolute atomic E-state index is 12.2. The quantitative estimate of drug-likeness (QED) is 0.454. The Morgan fingerprint density at radius 2 is 1.95 bits per heavy atom. The summed E-state index contributed by atoms with van der Waals surface area (Å²) in [5.41, 5.74) is -6.33. The van der Waals surface area contributed by atoms with Crippen LogP contribution in [0.2, 0.25) is 0 Å². The van der Waals surface area contributed by atoms with Gasteiger partial charge in [0.15, 0.2) is 0 Å². The smallest absolute Gasteiger partial charge is 0.469 e. The zero-order valence-corrected chi connectivity index (χ0v) is 12.0. The molecule has 0 aromatic heterocycles. The number of carbonyl (C=O) groups excluding carboxylic acids is 1. The van der Waals surface area contributed by atoms with Gasteiger partial charge >= 0.3 is 21.6 Å². The largest absolute Gasteiger partial charge is 0.534 e. The van der Waals surface area contributed by atoms with Gasteiger partial charge in [-0.25, -0.2) is 0 Å². The summed E-state index contributed by atoms with van der Waals surface area (Å²) >= 11 is 0. The van der Waals surface area contributed by atoms with Crippen LogP contribution in [0, 0.1) is 11.3 Å². The molecule has 0 radical (unpaired) electrons. The van der Waals surface area contributed by atoms with Crippen molar-refractivity contribution < 1.29 is 35.3 Å². The van der Waals surface area contributed by atoms with Crippen LogP contribution in [0.25, 0.3) is 0 Å². The third-order valence-electron chi connectivity index (χ3n) is 3.10. The third-order valence-corrected chi connectivity index (χ3v) is 4.10. The van der Waals surface area contributed by atoms with Crippen molar-refractivity contribution in [1.29, 1.82) is 0 Å². The van der Waals surface area contributed by atoms with Crippen molar-refractivity contribution in [1.82, 2.24) is 0 Å². The number of hydrogen-bond acceptors (Lipinski definition) is 5. The molecule has 0 aromatic rings. The fourth-order valence-corrected chi connectivity index (χ4v) is 2.57. The predicted octanol–water partition coefficient (Wildman–Crippen LogP) is 2.35. The number of hydrogen-bond donors (Lipinski definition) is 0. The van der Waals surface area contributed by atoms with Gasteiger partial charge in [0.2, 0.25) is 0 Å². The van der Waals surface area contributed by atoms with E-state index >= 15 is 0 Å². The van der Waals surface area contributed by atoms with Gasteiger partial charge in [-0.05, 0) is 17.9 Å². The topological polar surface area (TPSA) is 69.7 Å². The summed E-state index contributed by atoms with van der Waals surface area (Å²) in [7, 11) is -4.46. The lowest BCUT2D eigenvalue weighted by Crippen LogP contribution is -2.34. The Kier molecular flexibility index (Phi) is 4.42. The predicted molar refractivity (Wildman–Crippen MR) is 62.7 cm³/mol. The van der Waals surface area contributed by atoms with E-state index in [1.165, 1.54) is 13.2 Å². The second-order valence-electron chi connectivity index (χ2n) is 5.03. The van der Waals surface area contributed by atoms with E-state index < -0.39 is 32.9 Å². The maximum Gasteiger partial charge on any atom is 0.534 e. The normalized spacial score (nSPS) is 22.9. The van der Waals surface area contributed by atoms with E-state index in [1.807, 2.05) is 0 Å². The molecule has 5 nitrogen and oxygen atoms in total. The van der Waals surface area contributed by atoms with Crippen LogP contribution >= 0.6 is 0 Å². The van der Waals surface area contributed by atoms with Gasteiger partial charge in [-0.2, -0.15) is 21.6 Å². The summed E-state index contributed by atoms with van der Waals surface area (Å²) < 4.78 is 67.2. The van der Waals surface area contributed by atoms with Gasteiger partial charge in [0, 0.05) is 6.42 Å². The van der Waals surface area contributed by atoms with E-state index in [-0.39, 0.29) is 18.6 Å². The third kappa shape index (κ3) is 3.44. The summed E-state index contributed by atoms with van der Waals surface area (Å²) in [5, 5.41) is 0. The molecule has 0 saturated heterocycles. The molecular weight excluding hydrogens is 301 g/mol. The number of methoxy groups -OCH3 is 1. The molecule has 0 heterocycles. The Balaban J connectivity index is 2.98. The summed E-state index contributed by atoms with van der Waals surface area (Å²) in [4.78, 5) is 11.5. The van der Waals surface area contributed by atoms with E-state index in [0.29, 0.717) is 0 Å². The van der Waals surface area contributed by atoms with Crippen molar-refractivity contribution in [2.24, 2.45) is 11.3 Å². The summed E-state index contributed by atoms with van der Waals surface area (Å²) in [6, 6.07) is 0. The fraction of sp³-hybridized carbons (Fsp3) is 0.727. The average Bonchev–Trinajstić information content (AvgIpc) is 2.24. The first-order valence-corrected chi connectivity index (χ1v) is 7.12. The second-order valence-corrected chi connectivity index (χ2v) is 6.57. The minimum atomic E-state index is -5.68. The highest BCUT2D eigenvalue weighted by molar-refractivity contribution is 7.87. The highest BCUT2D eigenvalue weighted by Crippen LogP contribution is 2.41. The Labute approximate surface area is 114 Å². The lowest BCUT2D eigenvalue weighted by molar-refractivity contribution is -0.149. The zero-order valence-electron chi connectivity index (χ0n) is 11.2. The maximum atomic E-state index is 12.2. The molecule has 0 amide bonds. The van der Waals surface area contributed by atoms with Gasteiger partial charge in [-0.1, -0.05) is 13.8 Å². The number of rotatable bonds is 3. The molecule has 0 aromatic carbocycles. The van der Waals surface area contributed by atoms with Gasteiger partial charge in [-0.3, -0.25) is 4.79 Å². The van der Waals surface area contributed by atoms with Crippen molar-refractivity contribution in [3.05, 3.63) is 11.8 Å². The number of ether oxygens (including phenoxy) is 1. The Morgan fingerprint density at radius 1 is 1.40 bits per heavy atom. The number of esters is 1. The van der Waals surface area contributed by atoms with Gasteiger partial charge in [0.1, 0.15) is 5.76 Å². The Bertz CT molecular complexity index is 519. The number of alkyl halides is 3. The van der Waals surface area contributed by atoms with E-state index in [4.69, 9.17) is 0 Å². The van der Waals surface area contributed by atoms with Gasteiger partial charge in [0.05, 0.1) is 13.0 Å². The second kappa shape index (κ2) is 5.27. The standard InChI is InChI=1S/C11H15F3O5S/c1-10(2)6-7(4-5-8(10)9(15)18-3)19-20(16,17)11(12,13)14/h6,8H,4-5H2,1-3H3. The monoisotopic (exact) mass is 316 g/mol. The number of carbonyl (C=O) groups is 1. The lowest BCUT2D eigenvalue weighted by Gasteiger charge is -2.34. The van der Waals surface area contributed by atoms with Gasteiger partial charge < -0.3 is 8.92 Å². The van der Waals surface area contributed by atoms with Gasteiger partial charge in [0.25, 0.3) is 0 Å². The molecule has 0 spiro atoms. The van der Waals surface area contributed by atoms with E-state index in [1.54, 1.807) is 13.8 Å². The molecule has 0 bridgehead atoms. The molecular formula is C11H15F3O5S. The molecule has 0 aliphatic heterocycles. The van der Waals surface area contributed by atoms with Crippen LogP contribution in [-0.2, 0) is 23.8 Å². The molecule has 0 saturated carbocycles. The highest BCUT2D eigenvalue weighted by Gasteiger charge is 2.49. The summed E-state index contributed by atoms with van der Waals surface area (Å²) in [5.74, 6) is -1.37. The van der Waals surface area contributed by atoms with Crippen LogP contribution in [0.1, 0.15) is 26.7 Å². The molecule has 0 N–H and O–H groups in total. The Hall–Kier alpha value is -1.25. The van der Waals surface area contributed by atoms with Gasteiger partial charge in [-0.15, -0.1) is 0 Å². The SMILES string of the molecule is COC(=O)C1CCC(OS(=O)(=O)C(F)(F)F)=CC1(C)C. The molecule has 1 unspecified atom stereocenters. The Morgan fingerprint density at radius 3 is 2.35 bits per heavy atom. The van der Waals surface area contributed by atoms with E-state index in [0.717, 1.165) is 0 Å². The first-order valence-electron chi connectivity index (χ1n) is 5.71. The van der Waals surface area contributed by atoms with Crippen molar-refractivity contribution in [3.63, 3.8) is 0 Å².